The quantitative estimate of drug-likeness (QED) is 0.445. The molecule has 0 N–H and O–H groups in total. The molecule has 0 fully saturated rings. The number of rotatable bonds is 2. The molecule has 0 spiro atoms. The first-order valence-corrected chi connectivity index (χ1v) is 6.84. The van der Waals surface area contributed by atoms with Gasteiger partial charge in [-0.25, -0.2) is 4.57 Å². The van der Waals surface area contributed by atoms with Crippen molar-refractivity contribution in [3.05, 3.63) is 65.6 Å². The number of nitrogens with zero attached hydrogens (tertiary/aromatic N) is 2. The minimum atomic E-state index is 0. The van der Waals surface area contributed by atoms with E-state index in [2.05, 4.69) is 79.5 Å². The van der Waals surface area contributed by atoms with Crippen molar-refractivity contribution < 1.29 is 28.5 Å². The van der Waals surface area contributed by atoms with Crippen LogP contribution < -0.4 is 28.5 Å². The summed E-state index contributed by atoms with van der Waals surface area (Å²) in [7, 11) is 4.15. The molecule has 0 aliphatic carbocycles. The summed E-state index contributed by atoms with van der Waals surface area (Å²) in [6.45, 7) is 2.17. The molecule has 0 atom stereocenters. The Morgan fingerprint density at radius 2 is 1.67 bits per heavy atom. The fourth-order valence-corrected chi connectivity index (χ4v) is 2.56. The SMILES string of the molecule is Cc1c(/C=C/c2cc[n+](C)cc2)c2ccccc2n1C.[I-]. The van der Waals surface area contributed by atoms with Gasteiger partial charge in [0.2, 0.25) is 0 Å². The van der Waals surface area contributed by atoms with E-state index in [1.165, 1.54) is 27.7 Å². The zero-order chi connectivity index (χ0) is 14.1. The lowest BCUT2D eigenvalue weighted by Gasteiger charge is -1.97. The van der Waals surface area contributed by atoms with Gasteiger partial charge in [0, 0.05) is 41.3 Å². The number of halogens is 1. The Morgan fingerprint density at radius 1 is 1.00 bits per heavy atom. The van der Waals surface area contributed by atoms with Crippen LogP contribution in [0.1, 0.15) is 16.8 Å². The first-order valence-electron chi connectivity index (χ1n) is 6.84. The summed E-state index contributed by atoms with van der Waals surface area (Å²) < 4.78 is 4.29. The molecule has 1 aromatic carbocycles. The van der Waals surface area contributed by atoms with Gasteiger partial charge >= 0.3 is 0 Å². The standard InChI is InChI=1S/C18H19N2.HI/c1-14-16(9-8-15-10-12-19(2)13-11-15)17-6-4-5-7-18(17)20(14)3;/h4-13H,1-3H3;1H/q+1;/p-1. The van der Waals surface area contributed by atoms with E-state index >= 15 is 0 Å². The molecule has 2 aromatic heterocycles. The van der Waals surface area contributed by atoms with Crippen molar-refractivity contribution in [1.29, 1.82) is 0 Å². The smallest absolute Gasteiger partial charge is 0.169 e. The predicted octanol–water partition coefficient (Wildman–Crippen LogP) is 0.486. The highest BCUT2D eigenvalue weighted by molar-refractivity contribution is 5.93. The Bertz CT molecular complexity index is 783. The summed E-state index contributed by atoms with van der Waals surface area (Å²) in [4.78, 5) is 0. The Morgan fingerprint density at radius 3 is 2.38 bits per heavy atom. The average Bonchev–Trinajstić information content (AvgIpc) is 2.71. The number of hydrogen-bond donors (Lipinski definition) is 0. The van der Waals surface area contributed by atoms with Gasteiger partial charge in [-0.15, -0.1) is 0 Å². The van der Waals surface area contributed by atoms with Crippen molar-refractivity contribution in [2.24, 2.45) is 14.1 Å². The van der Waals surface area contributed by atoms with Gasteiger partial charge in [-0.2, -0.15) is 0 Å². The van der Waals surface area contributed by atoms with Crippen molar-refractivity contribution in [2.45, 2.75) is 6.92 Å². The van der Waals surface area contributed by atoms with Crippen LogP contribution in [0.3, 0.4) is 0 Å². The van der Waals surface area contributed by atoms with E-state index < -0.39 is 0 Å². The number of benzene rings is 1. The molecule has 108 valence electrons. The van der Waals surface area contributed by atoms with Crippen LogP contribution in [0.25, 0.3) is 23.1 Å². The molecule has 3 aromatic rings. The third kappa shape index (κ3) is 3.02. The minimum Gasteiger partial charge on any atom is -1.00 e. The maximum Gasteiger partial charge on any atom is 0.169 e. The van der Waals surface area contributed by atoms with E-state index in [0.717, 1.165) is 0 Å². The number of para-hydroxylation sites is 1. The number of aromatic nitrogens is 2. The van der Waals surface area contributed by atoms with Crippen LogP contribution in [0.15, 0.2) is 48.8 Å². The highest BCUT2D eigenvalue weighted by Gasteiger charge is 2.08. The first kappa shape index (κ1) is 15.8. The van der Waals surface area contributed by atoms with Crippen LogP contribution in [0.2, 0.25) is 0 Å². The van der Waals surface area contributed by atoms with Crippen molar-refractivity contribution in [2.75, 3.05) is 0 Å². The fourth-order valence-electron chi connectivity index (χ4n) is 2.56. The lowest BCUT2D eigenvalue weighted by Crippen LogP contribution is -3.00. The van der Waals surface area contributed by atoms with Gasteiger partial charge in [0.1, 0.15) is 7.05 Å². The zero-order valence-electron chi connectivity index (χ0n) is 12.5. The maximum atomic E-state index is 2.25. The zero-order valence-corrected chi connectivity index (χ0v) is 14.7. The average molecular weight is 390 g/mol. The largest absolute Gasteiger partial charge is 1.00 e. The summed E-state index contributed by atoms with van der Waals surface area (Å²) in [6.07, 6.45) is 8.52. The van der Waals surface area contributed by atoms with E-state index in [0.29, 0.717) is 0 Å². The van der Waals surface area contributed by atoms with E-state index in [1.54, 1.807) is 0 Å². The Kier molecular flexibility index (Phi) is 4.83. The molecular formula is C18H19IN2. The molecule has 0 bridgehead atoms. The molecule has 0 radical (unpaired) electrons. The van der Waals surface area contributed by atoms with Crippen molar-refractivity contribution >= 4 is 23.1 Å². The normalized spacial score (nSPS) is 11.0. The second-order valence-electron chi connectivity index (χ2n) is 5.21. The van der Waals surface area contributed by atoms with Gasteiger partial charge in [-0.05, 0) is 18.6 Å². The van der Waals surface area contributed by atoms with Crippen molar-refractivity contribution in [3.63, 3.8) is 0 Å². The van der Waals surface area contributed by atoms with Crippen LogP contribution >= 0.6 is 0 Å². The topological polar surface area (TPSA) is 8.81 Å². The minimum absolute atomic E-state index is 0. The highest BCUT2D eigenvalue weighted by atomic mass is 127. The number of pyridine rings is 1. The Hall–Kier alpha value is -1.62. The molecule has 0 amide bonds. The van der Waals surface area contributed by atoms with Crippen molar-refractivity contribution in [3.8, 4) is 0 Å². The molecule has 0 saturated carbocycles. The lowest BCUT2D eigenvalue weighted by molar-refractivity contribution is -0.671. The first-order chi connectivity index (χ1) is 9.66. The molecule has 3 heteroatoms. The summed E-state index contributed by atoms with van der Waals surface area (Å²) in [5.74, 6) is 0. The molecule has 2 nitrogen and oxygen atoms in total. The van der Waals surface area contributed by atoms with E-state index in [-0.39, 0.29) is 24.0 Å². The number of aryl methyl sites for hydroxylation is 2. The fraction of sp³-hybridized carbons (Fsp3) is 0.167. The van der Waals surface area contributed by atoms with Crippen LogP contribution in [0.5, 0.6) is 0 Å². The maximum absolute atomic E-state index is 2.25. The van der Waals surface area contributed by atoms with Gasteiger partial charge in [0.15, 0.2) is 12.4 Å². The Balaban J connectivity index is 0.00000161. The van der Waals surface area contributed by atoms with Crippen LogP contribution in [0.4, 0.5) is 0 Å². The van der Waals surface area contributed by atoms with Gasteiger partial charge < -0.3 is 28.5 Å². The lowest BCUT2D eigenvalue weighted by atomic mass is 10.1. The molecule has 2 heterocycles. The number of hydrogen-bond acceptors (Lipinski definition) is 0. The summed E-state index contributed by atoms with van der Waals surface area (Å²) in [5.41, 5.74) is 5.10. The van der Waals surface area contributed by atoms with Gasteiger partial charge in [0.05, 0.1) is 0 Å². The molecule has 0 aliphatic heterocycles. The monoisotopic (exact) mass is 390 g/mol. The predicted molar refractivity (Wildman–Crippen MR) is 84.2 cm³/mol. The van der Waals surface area contributed by atoms with E-state index in [9.17, 15) is 0 Å². The van der Waals surface area contributed by atoms with E-state index in [1.807, 2.05) is 11.6 Å². The highest BCUT2D eigenvalue weighted by Crippen LogP contribution is 2.26. The third-order valence-electron chi connectivity index (χ3n) is 3.90. The van der Waals surface area contributed by atoms with Crippen molar-refractivity contribution in [1.82, 2.24) is 4.57 Å². The summed E-state index contributed by atoms with van der Waals surface area (Å²) in [5, 5.41) is 1.31. The molecule has 21 heavy (non-hydrogen) atoms. The Labute approximate surface area is 142 Å². The molecule has 3 rings (SSSR count). The molecular weight excluding hydrogens is 371 g/mol. The van der Waals surface area contributed by atoms with E-state index in [4.69, 9.17) is 0 Å². The summed E-state index contributed by atoms with van der Waals surface area (Å²) in [6, 6.07) is 12.8. The molecule has 0 aliphatic rings. The van der Waals surface area contributed by atoms with Gasteiger partial charge in [-0.1, -0.05) is 30.4 Å². The summed E-state index contributed by atoms with van der Waals surface area (Å²) >= 11 is 0. The molecule has 0 unspecified atom stereocenters. The molecule has 0 saturated heterocycles. The van der Waals surface area contributed by atoms with Crippen LogP contribution in [-0.4, -0.2) is 4.57 Å². The third-order valence-corrected chi connectivity index (χ3v) is 3.90. The van der Waals surface area contributed by atoms with Gasteiger partial charge in [-0.3, -0.25) is 0 Å². The second kappa shape index (κ2) is 6.43. The number of fused-ring (bicyclic) bond motifs is 1. The van der Waals surface area contributed by atoms with Crippen LogP contribution in [-0.2, 0) is 14.1 Å². The van der Waals surface area contributed by atoms with Gasteiger partial charge in [0.25, 0.3) is 0 Å². The second-order valence-corrected chi connectivity index (χ2v) is 5.21. The van der Waals surface area contributed by atoms with Crippen LogP contribution in [0, 0.1) is 6.92 Å².